The van der Waals surface area contributed by atoms with Crippen LogP contribution in [0.3, 0.4) is 0 Å². The molecule has 1 aromatic carbocycles. The molecule has 0 aromatic heterocycles. The summed E-state index contributed by atoms with van der Waals surface area (Å²) in [7, 11) is 0. The van der Waals surface area contributed by atoms with Gasteiger partial charge in [-0.15, -0.1) is 0 Å². The minimum absolute atomic E-state index is 0.0737. The number of rotatable bonds is 4. The highest BCUT2D eigenvalue weighted by Gasteiger charge is 2.18. The number of nitrogens with one attached hydrogen (secondary N) is 2. The summed E-state index contributed by atoms with van der Waals surface area (Å²) in [5, 5.41) is 5.31. The average Bonchev–Trinajstić information content (AvgIpc) is 2.34. The highest BCUT2D eigenvalue weighted by Crippen LogP contribution is 2.11. The molecule has 0 aliphatic carbocycles. The third-order valence-corrected chi connectivity index (χ3v) is 2.66. The van der Waals surface area contributed by atoms with Crippen LogP contribution in [0.25, 0.3) is 0 Å². The minimum atomic E-state index is -0.766. The monoisotopic (exact) mass is 277 g/mol. The maximum Gasteiger partial charge on any atom is 0.241 e. The van der Waals surface area contributed by atoms with E-state index in [1.54, 1.807) is 0 Å². The van der Waals surface area contributed by atoms with Gasteiger partial charge in [0, 0.05) is 5.54 Å². The van der Waals surface area contributed by atoms with Crippen molar-refractivity contribution >= 4 is 11.8 Å². The van der Waals surface area contributed by atoms with Gasteiger partial charge in [-0.1, -0.05) is 29.8 Å². The summed E-state index contributed by atoms with van der Waals surface area (Å²) in [6.07, 6.45) is 0. The number of carbonyl (C=O) groups excluding carboxylic acids is 2. The molecule has 4 N–H and O–H groups in total. The van der Waals surface area contributed by atoms with Crippen molar-refractivity contribution in [3.8, 4) is 0 Å². The molecule has 1 atom stereocenters. The van der Waals surface area contributed by atoms with Crippen LogP contribution >= 0.6 is 0 Å². The lowest BCUT2D eigenvalue weighted by Crippen LogP contribution is -2.47. The topological polar surface area (TPSA) is 84.2 Å². The summed E-state index contributed by atoms with van der Waals surface area (Å²) < 4.78 is 0. The summed E-state index contributed by atoms with van der Waals surface area (Å²) in [6, 6.07) is 6.66. The van der Waals surface area contributed by atoms with E-state index in [2.05, 4.69) is 10.6 Å². The third-order valence-electron chi connectivity index (χ3n) is 2.66. The summed E-state index contributed by atoms with van der Waals surface area (Å²) in [5.74, 6) is -0.597. The molecule has 0 fully saturated rings. The molecule has 5 nitrogen and oxygen atoms in total. The molecule has 5 heteroatoms. The fourth-order valence-corrected chi connectivity index (χ4v) is 1.66. The van der Waals surface area contributed by atoms with Crippen molar-refractivity contribution < 1.29 is 9.59 Å². The summed E-state index contributed by atoms with van der Waals surface area (Å²) in [5.41, 5.74) is 7.37. The van der Waals surface area contributed by atoms with Gasteiger partial charge in [0.1, 0.15) is 6.04 Å². The van der Waals surface area contributed by atoms with Gasteiger partial charge in [-0.2, -0.15) is 0 Å². The molecule has 1 aromatic rings. The van der Waals surface area contributed by atoms with Gasteiger partial charge in [0.15, 0.2) is 0 Å². The van der Waals surface area contributed by atoms with Crippen molar-refractivity contribution in [2.45, 2.75) is 39.3 Å². The fraction of sp³-hybridized carbons (Fsp3) is 0.467. The number of nitrogens with two attached hydrogens (primary N) is 1. The van der Waals surface area contributed by atoms with Crippen LogP contribution in [0.5, 0.6) is 0 Å². The molecule has 0 heterocycles. The second-order valence-corrected chi connectivity index (χ2v) is 5.90. The average molecular weight is 277 g/mol. The van der Waals surface area contributed by atoms with Gasteiger partial charge in [-0.25, -0.2) is 0 Å². The van der Waals surface area contributed by atoms with E-state index in [1.165, 1.54) is 0 Å². The van der Waals surface area contributed by atoms with Crippen LogP contribution in [0, 0.1) is 6.92 Å². The van der Waals surface area contributed by atoms with Crippen LogP contribution in [-0.4, -0.2) is 23.9 Å². The Kier molecular flexibility index (Phi) is 5.27. The highest BCUT2D eigenvalue weighted by molar-refractivity contribution is 5.88. The van der Waals surface area contributed by atoms with Crippen LogP contribution in [0.1, 0.15) is 37.9 Å². The van der Waals surface area contributed by atoms with Crippen LogP contribution < -0.4 is 16.4 Å². The van der Waals surface area contributed by atoms with E-state index < -0.39 is 6.04 Å². The fourth-order valence-electron chi connectivity index (χ4n) is 1.66. The number of amides is 2. The first-order valence-corrected chi connectivity index (χ1v) is 6.60. The molecule has 2 amide bonds. The largest absolute Gasteiger partial charge is 0.350 e. The molecule has 0 bridgehead atoms. The molecular formula is C15H23N3O2. The van der Waals surface area contributed by atoms with Crippen molar-refractivity contribution in [3.63, 3.8) is 0 Å². The first-order valence-electron chi connectivity index (χ1n) is 6.60. The molecular weight excluding hydrogens is 254 g/mol. The van der Waals surface area contributed by atoms with E-state index in [0.717, 1.165) is 11.1 Å². The zero-order valence-corrected chi connectivity index (χ0v) is 12.5. The summed E-state index contributed by atoms with van der Waals surface area (Å²) in [6.45, 7) is 7.53. The second-order valence-electron chi connectivity index (χ2n) is 5.90. The normalized spacial score (nSPS) is 12.7. The van der Waals surface area contributed by atoms with Crippen molar-refractivity contribution in [2.75, 3.05) is 6.54 Å². The van der Waals surface area contributed by atoms with E-state index in [0.29, 0.717) is 0 Å². The van der Waals surface area contributed by atoms with Gasteiger partial charge in [0.2, 0.25) is 11.8 Å². The smallest absolute Gasteiger partial charge is 0.241 e. The minimum Gasteiger partial charge on any atom is -0.350 e. The third kappa shape index (κ3) is 5.40. The Labute approximate surface area is 119 Å². The Morgan fingerprint density at radius 2 is 1.75 bits per heavy atom. The summed E-state index contributed by atoms with van der Waals surface area (Å²) in [4.78, 5) is 23.5. The van der Waals surface area contributed by atoms with Gasteiger partial charge in [-0.05, 0) is 33.3 Å². The Morgan fingerprint density at radius 1 is 1.20 bits per heavy atom. The van der Waals surface area contributed by atoms with Gasteiger partial charge in [0.25, 0.3) is 0 Å². The van der Waals surface area contributed by atoms with Gasteiger partial charge in [-0.3, -0.25) is 9.59 Å². The Balaban J connectivity index is 2.50. The molecule has 1 unspecified atom stereocenters. The van der Waals surface area contributed by atoms with E-state index in [9.17, 15) is 9.59 Å². The molecule has 20 heavy (non-hydrogen) atoms. The molecule has 0 radical (unpaired) electrons. The molecule has 0 spiro atoms. The SMILES string of the molecule is Cc1ccc(C(N)C(=O)NCC(=O)NC(C)(C)C)cc1. The maximum atomic E-state index is 11.9. The predicted molar refractivity (Wildman–Crippen MR) is 79.0 cm³/mol. The number of aryl methyl sites for hydroxylation is 1. The van der Waals surface area contributed by atoms with E-state index >= 15 is 0 Å². The summed E-state index contributed by atoms with van der Waals surface area (Å²) >= 11 is 0. The molecule has 0 aliphatic heterocycles. The van der Waals surface area contributed by atoms with Gasteiger partial charge < -0.3 is 16.4 Å². The lowest BCUT2D eigenvalue weighted by atomic mass is 10.1. The van der Waals surface area contributed by atoms with Crippen LogP contribution in [-0.2, 0) is 9.59 Å². The first kappa shape index (κ1) is 16.2. The van der Waals surface area contributed by atoms with Crippen molar-refractivity contribution in [2.24, 2.45) is 5.73 Å². The number of hydrogen-bond acceptors (Lipinski definition) is 3. The Hall–Kier alpha value is -1.88. The Morgan fingerprint density at radius 3 is 2.25 bits per heavy atom. The van der Waals surface area contributed by atoms with Crippen molar-refractivity contribution in [1.82, 2.24) is 10.6 Å². The van der Waals surface area contributed by atoms with E-state index in [4.69, 9.17) is 5.73 Å². The highest BCUT2D eigenvalue weighted by atomic mass is 16.2. The second kappa shape index (κ2) is 6.52. The number of hydrogen-bond donors (Lipinski definition) is 3. The van der Waals surface area contributed by atoms with Gasteiger partial charge in [0.05, 0.1) is 6.54 Å². The van der Waals surface area contributed by atoms with Crippen molar-refractivity contribution in [1.29, 1.82) is 0 Å². The van der Waals surface area contributed by atoms with Crippen LogP contribution in [0.2, 0.25) is 0 Å². The lowest BCUT2D eigenvalue weighted by molar-refractivity contribution is -0.127. The molecule has 0 aliphatic rings. The predicted octanol–water partition coefficient (Wildman–Crippen LogP) is 1.03. The molecule has 110 valence electrons. The number of benzene rings is 1. The van der Waals surface area contributed by atoms with Crippen LogP contribution in [0.4, 0.5) is 0 Å². The molecule has 0 saturated carbocycles. The van der Waals surface area contributed by atoms with E-state index in [1.807, 2.05) is 52.0 Å². The Bertz CT molecular complexity index is 475. The maximum absolute atomic E-state index is 11.9. The zero-order valence-electron chi connectivity index (χ0n) is 12.5. The lowest BCUT2D eigenvalue weighted by Gasteiger charge is -2.21. The first-order chi connectivity index (χ1) is 9.19. The quantitative estimate of drug-likeness (QED) is 0.768. The zero-order chi connectivity index (χ0) is 15.3. The van der Waals surface area contributed by atoms with Crippen molar-refractivity contribution in [3.05, 3.63) is 35.4 Å². The van der Waals surface area contributed by atoms with E-state index in [-0.39, 0.29) is 23.9 Å². The molecule has 1 rings (SSSR count). The number of carbonyl (C=O) groups is 2. The van der Waals surface area contributed by atoms with Gasteiger partial charge >= 0.3 is 0 Å². The molecule has 0 saturated heterocycles. The standard InChI is InChI=1S/C15H23N3O2/c1-10-5-7-11(8-6-10)13(16)14(20)17-9-12(19)18-15(2,3)4/h5-8,13H,9,16H2,1-4H3,(H,17,20)(H,18,19). The van der Waals surface area contributed by atoms with Crippen LogP contribution in [0.15, 0.2) is 24.3 Å².